The molecule has 1 aliphatic rings. The topological polar surface area (TPSA) is 89.5 Å². The van der Waals surface area contributed by atoms with Crippen LogP contribution in [0.25, 0.3) is 0 Å². The molecule has 1 atom stereocenters. The summed E-state index contributed by atoms with van der Waals surface area (Å²) in [4.78, 5) is 19.3. The standard InChI is InChI=1S/C21H23N5O3S/c1-28-17-7-3-2-5-15(17)9-10-20(27)26-11-12-29-18(13-26)16-6-4-8-19(23-16)24-21-25-22-14-30-21/h2-8,14,18H,9-13H2,1H3,(H,23,24,25)/t18-/m0/s1. The summed E-state index contributed by atoms with van der Waals surface area (Å²) in [6.45, 7) is 1.56. The Morgan fingerprint density at radius 1 is 1.30 bits per heavy atom. The van der Waals surface area contributed by atoms with Crippen LogP contribution in [-0.2, 0) is 16.0 Å². The average molecular weight is 426 g/mol. The summed E-state index contributed by atoms with van der Waals surface area (Å²) >= 11 is 1.40. The van der Waals surface area contributed by atoms with Crippen molar-refractivity contribution < 1.29 is 14.3 Å². The number of anilines is 2. The first-order valence-electron chi connectivity index (χ1n) is 9.74. The molecule has 1 aromatic carbocycles. The van der Waals surface area contributed by atoms with Crippen LogP contribution in [0.3, 0.4) is 0 Å². The Balaban J connectivity index is 1.37. The van der Waals surface area contributed by atoms with E-state index in [1.807, 2.05) is 47.4 Å². The van der Waals surface area contributed by atoms with Crippen molar-refractivity contribution >= 4 is 28.2 Å². The number of carbonyl (C=O) groups excluding carboxylic acids is 1. The lowest BCUT2D eigenvalue weighted by molar-refractivity contribution is -0.139. The third-order valence-corrected chi connectivity index (χ3v) is 5.52. The molecule has 0 saturated carbocycles. The Morgan fingerprint density at radius 2 is 2.20 bits per heavy atom. The van der Waals surface area contributed by atoms with E-state index in [2.05, 4.69) is 20.5 Å². The molecular weight excluding hydrogens is 402 g/mol. The quantitative estimate of drug-likeness (QED) is 0.622. The summed E-state index contributed by atoms with van der Waals surface area (Å²) in [6.07, 6.45) is 0.814. The number of methoxy groups -OCH3 is 1. The van der Waals surface area contributed by atoms with Crippen molar-refractivity contribution in [2.24, 2.45) is 0 Å². The number of morpholine rings is 1. The van der Waals surface area contributed by atoms with Crippen molar-refractivity contribution in [3.05, 3.63) is 59.2 Å². The number of carbonyl (C=O) groups is 1. The Morgan fingerprint density at radius 3 is 3.03 bits per heavy atom. The van der Waals surface area contributed by atoms with Gasteiger partial charge in [0, 0.05) is 13.0 Å². The van der Waals surface area contributed by atoms with Crippen molar-refractivity contribution in [3.8, 4) is 5.75 Å². The zero-order chi connectivity index (χ0) is 20.8. The van der Waals surface area contributed by atoms with E-state index in [0.29, 0.717) is 43.5 Å². The summed E-state index contributed by atoms with van der Waals surface area (Å²) in [5, 5.41) is 11.6. The first-order chi connectivity index (χ1) is 14.7. The molecule has 30 heavy (non-hydrogen) atoms. The second kappa shape index (κ2) is 9.64. The van der Waals surface area contributed by atoms with Crippen LogP contribution >= 0.6 is 11.3 Å². The third kappa shape index (κ3) is 4.92. The molecule has 0 radical (unpaired) electrons. The predicted molar refractivity (Wildman–Crippen MR) is 114 cm³/mol. The number of aromatic nitrogens is 3. The number of hydrogen-bond donors (Lipinski definition) is 1. The zero-order valence-electron chi connectivity index (χ0n) is 16.7. The highest BCUT2D eigenvalue weighted by atomic mass is 32.1. The fourth-order valence-corrected chi connectivity index (χ4v) is 3.85. The van der Waals surface area contributed by atoms with Gasteiger partial charge in [-0.3, -0.25) is 4.79 Å². The minimum absolute atomic E-state index is 0.109. The molecule has 3 aromatic rings. The molecule has 1 saturated heterocycles. The van der Waals surface area contributed by atoms with Gasteiger partial charge >= 0.3 is 0 Å². The molecule has 0 unspecified atom stereocenters. The Kier molecular flexibility index (Phi) is 6.50. The van der Waals surface area contributed by atoms with Gasteiger partial charge in [0.15, 0.2) is 0 Å². The van der Waals surface area contributed by atoms with Gasteiger partial charge in [-0.1, -0.05) is 35.6 Å². The van der Waals surface area contributed by atoms with E-state index in [1.165, 1.54) is 11.3 Å². The molecule has 1 amide bonds. The molecule has 8 nitrogen and oxygen atoms in total. The van der Waals surface area contributed by atoms with Crippen molar-refractivity contribution in [3.63, 3.8) is 0 Å². The van der Waals surface area contributed by atoms with Crippen LogP contribution in [0.1, 0.15) is 23.8 Å². The number of para-hydroxylation sites is 1. The molecule has 9 heteroatoms. The highest BCUT2D eigenvalue weighted by molar-refractivity contribution is 7.13. The van der Waals surface area contributed by atoms with Gasteiger partial charge in [-0.25, -0.2) is 4.98 Å². The predicted octanol–water partition coefficient (Wildman–Crippen LogP) is 3.22. The number of nitrogens with zero attached hydrogens (tertiary/aromatic N) is 4. The average Bonchev–Trinajstić information content (AvgIpc) is 3.31. The fourth-order valence-electron chi connectivity index (χ4n) is 3.40. The second-order valence-electron chi connectivity index (χ2n) is 6.83. The highest BCUT2D eigenvalue weighted by Gasteiger charge is 2.26. The zero-order valence-corrected chi connectivity index (χ0v) is 17.5. The highest BCUT2D eigenvalue weighted by Crippen LogP contribution is 2.25. The molecule has 4 rings (SSSR count). The molecule has 0 bridgehead atoms. The number of ether oxygens (including phenoxy) is 2. The van der Waals surface area contributed by atoms with Crippen LogP contribution in [0.5, 0.6) is 5.75 Å². The normalized spacial score (nSPS) is 16.3. The number of nitrogens with one attached hydrogen (secondary N) is 1. The van der Waals surface area contributed by atoms with Gasteiger partial charge in [-0.05, 0) is 30.2 Å². The fraction of sp³-hybridized carbons (Fsp3) is 0.333. The Bertz CT molecular complexity index is 982. The van der Waals surface area contributed by atoms with Gasteiger partial charge in [-0.2, -0.15) is 0 Å². The van der Waals surface area contributed by atoms with E-state index >= 15 is 0 Å². The minimum atomic E-state index is -0.259. The minimum Gasteiger partial charge on any atom is -0.496 e. The number of pyridine rings is 1. The number of amides is 1. The van der Waals surface area contributed by atoms with E-state index in [0.717, 1.165) is 17.0 Å². The molecule has 1 aliphatic heterocycles. The van der Waals surface area contributed by atoms with Crippen LogP contribution in [0, 0.1) is 0 Å². The van der Waals surface area contributed by atoms with Crippen LogP contribution < -0.4 is 10.1 Å². The van der Waals surface area contributed by atoms with Crippen LogP contribution in [0.15, 0.2) is 48.0 Å². The summed E-state index contributed by atoms with van der Waals surface area (Å²) in [5.74, 6) is 1.60. The van der Waals surface area contributed by atoms with Crippen molar-refractivity contribution in [1.29, 1.82) is 0 Å². The first kappa shape index (κ1) is 20.2. The van der Waals surface area contributed by atoms with Crippen LogP contribution in [0.4, 0.5) is 10.9 Å². The van der Waals surface area contributed by atoms with E-state index in [9.17, 15) is 4.79 Å². The monoisotopic (exact) mass is 425 g/mol. The Labute approximate surface area is 178 Å². The largest absolute Gasteiger partial charge is 0.496 e. The van der Waals surface area contributed by atoms with E-state index < -0.39 is 0 Å². The summed E-state index contributed by atoms with van der Waals surface area (Å²) in [6, 6.07) is 13.5. The molecule has 1 fully saturated rings. The van der Waals surface area contributed by atoms with Crippen LogP contribution in [-0.4, -0.2) is 52.8 Å². The maximum Gasteiger partial charge on any atom is 0.223 e. The SMILES string of the molecule is COc1ccccc1CCC(=O)N1CCO[C@H](c2cccc(Nc3nncs3)n2)C1. The van der Waals surface area contributed by atoms with Crippen molar-refractivity contribution in [2.75, 3.05) is 32.1 Å². The maximum atomic E-state index is 12.8. The number of benzene rings is 1. The molecule has 3 heterocycles. The van der Waals surface area contributed by atoms with Crippen LogP contribution in [0.2, 0.25) is 0 Å². The van der Waals surface area contributed by atoms with Crippen molar-refractivity contribution in [1.82, 2.24) is 20.1 Å². The van der Waals surface area contributed by atoms with Crippen molar-refractivity contribution in [2.45, 2.75) is 18.9 Å². The second-order valence-corrected chi connectivity index (χ2v) is 7.66. The smallest absolute Gasteiger partial charge is 0.223 e. The van der Waals surface area contributed by atoms with Gasteiger partial charge in [0.1, 0.15) is 23.2 Å². The summed E-state index contributed by atoms with van der Waals surface area (Å²) in [7, 11) is 1.65. The van der Waals surface area contributed by atoms with Gasteiger partial charge in [-0.15, -0.1) is 10.2 Å². The summed E-state index contributed by atoms with van der Waals surface area (Å²) in [5.41, 5.74) is 3.48. The van der Waals surface area contributed by atoms with E-state index in [-0.39, 0.29) is 12.0 Å². The lowest BCUT2D eigenvalue weighted by atomic mass is 10.1. The number of aryl methyl sites for hydroxylation is 1. The molecule has 0 aliphatic carbocycles. The summed E-state index contributed by atoms with van der Waals surface area (Å²) < 4.78 is 11.3. The molecular formula is C21H23N5O3S. The van der Waals surface area contributed by atoms with Gasteiger partial charge in [0.2, 0.25) is 11.0 Å². The Hall–Kier alpha value is -3.04. The third-order valence-electron chi connectivity index (χ3n) is 4.92. The first-order valence-corrected chi connectivity index (χ1v) is 10.6. The molecule has 2 aromatic heterocycles. The molecule has 156 valence electrons. The molecule has 0 spiro atoms. The van der Waals surface area contributed by atoms with Gasteiger partial charge in [0.25, 0.3) is 0 Å². The molecule has 1 N–H and O–H groups in total. The van der Waals surface area contributed by atoms with E-state index in [1.54, 1.807) is 12.6 Å². The number of rotatable bonds is 7. The van der Waals surface area contributed by atoms with Gasteiger partial charge in [0.05, 0.1) is 26.0 Å². The number of hydrogen-bond acceptors (Lipinski definition) is 8. The lowest BCUT2D eigenvalue weighted by Crippen LogP contribution is -2.42. The lowest BCUT2D eigenvalue weighted by Gasteiger charge is -2.33. The van der Waals surface area contributed by atoms with Gasteiger partial charge < -0.3 is 19.7 Å². The maximum absolute atomic E-state index is 12.8. The van der Waals surface area contributed by atoms with E-state index in [4.69, 9.17) is 9.47 Å².